The molecule has 0 aromatic heterocycles. The Bertz CT molecular complexity index is 258. The van der Waals surface area contributed by atoms with Crippen LogP contribution in [0.5, 0.6) is 0 Å². The standard InChI is InChI=1S/C10H23NO4S/c1-9(2)5-7-16(13,14)11-10(4-6-12)8-15-3/h9-12H,4-8H2,1-3H3. The van der Waals surface area contributed by atoms with Crippen LogP contribution in [0.15, 0.2) is 0 Å². The first-order valence-corrected chi connectivity index (χ1v) is 7.16. The summed E-state index contributed by atoms with van der Waals surface area (Å²) in [4.78, 5) is 0. The summed E-state index contributed by atoms with van der Waals surface area (Å²) in [6.45, 7) is 4.19. The van der Waals surface area contributed by atoms with Crippen molar-refractivity contribution in [1.82, 2.24) is 4.72 Å². The van der Waals surface area contributed by atoms with E-state index in [1.54, 1.807) is 0 Å². The molecule has 0 heterocycles. The van der Waals surface area contributed by atoms with Gasteiger partial charge >= 0.3 is 0 Å². The largest absolute Gasteiger partial charge is 0.396 e. The SMILES string of the molecule is COCC(CCO)NS(=O)(=O)CCC(C)C. The van der Waals surface area contributed by atoms with E-state index in [1.807, 2.05) is 13.8 Å². The highest BCUT2D eigenvalue weighted by atomic mass is 32.2. The molecule has 5 nitrogen and oxygen atoms in total. The lowest BCUT2D eigenvalue weighted by Crippen LogP contribution is -2.40. The predicted octanol–water partition coefficient (Wildman–Crippen LogP) is 0.349. The Morgan fingerprint density at radius 3 is 2.38 bits per heavy atom. The van der Waals surface area contributed by atoms with Crippen LogP contribution < -0.4 is 4.72 Å². The molecule has 0 radical (unpaired) electrons. The highest BCUT2D eigenvalue weighted by molar-refractivity contribution is 7.89. The molecule has 0 saturated carbocycles. The van der Waals surface area contributed by atoms with Gasteiger partial charge in [0.05, 0.1) is 12.4 Å². The van der Waals surface area contributed by atoms with E-state index >= 15 is 0 Å². The van der Waals surface area contributed by atoms with E-state index in [1.165, 1.54) is 7.11 Å². The molecule has 0 amide bonds. The number of hydrogen-bond acceptors (Lipinski definition) is 4. The quantitative estimate of drug-likeness (QED) is 0.621. The minimum Gasteiger partial charge on any atom is -0.396 e. The summed E-state index contributed by atoms with van der Waals surface area (Å²) in [6, 6.07) is -0.341. The highest BCUT2D eigenvalue weighted by Crippen LogP contribution is 2.03. The Balaban J connectivity index is 4.18. The number of nitrogens with one attached hydrogen (secondary N) is 1. The Morgan fingerprint density at radius 2 is 1.94 bits per heavy atom. The number of rotatable bonds is 9. The summed E-state index contributed by atoms with van der Waals surface area (Å²) in [5.74, 6) is 0.478. The molecular weight excluding hydrogens is 230 g/mol. The van der Waals surface area contributed by atoms with Crippen LogP contribution >= 0.6 is 0 Å². The summed E-state index contributed by atoms with van der Waals surface area (Å²) in [5.41, 5.74) is 0. The van der Waals surface area contributed by atoms with E-state index < -0.39 is 10.0 Å². The molecule has 0 fully saturated rings. The summed E-state index contributed by atoms with van der Waals surface area (Å²) < 4.78 is 30.7. The molecule has 0 aromatic rings. The van der Waals surface area contributed by atoms with Gasteiger partial charge in [0.2, 0.25) is 10.0 Å². The number of hydrogen-bond donors (Lipinski definition) is 2. The highest BCUT2D eigenvalue weighted by Gasteiger charge is 2.17. The fourth-order valence-corrected chi connectivity index (χ4v) is 2.83. The molecule has 0 bridgehead atoms. The zero-order chi connectivity index (χ0) is 12.6. The Kier molecular flexibility index (Phi) is 7.91. The van der Waals surface area contributed by atoms with E-state index in [0.29, 0.717) is 18.8 Å². The fourth-order valence-electron chi connectivity index (χ4n) is 1.24. The van der Waals surface area contributed by atoms with Crippen LogP contribution in [0.4, 0.5) is 0 Å². The van der Waals surface area contributed by atoms with Crippen molar-refractivity contribution in [3.05, 3.63) is 0 Å². The maximum atomic E-state index is 11.6. The Morgan fingerprint density at radius 1 is 1.31 bits per heavy atom. The monoisotopic (exact) mass is 253 g/mol. The van der Waals surface area contributed by atoms with Crippen LogP contribution in [0.1, 0.15) is 26.7 Å². The lowest BCUT2D eigenvalue weighted by atomic mass is 10.2. The van der Waals surface area contributed by atoms with Gasteiger partial charge in [-0.25, -0.2) is 13.1 Å². The molecule has 2 N–H and O–H groups in total. The molecule has 0 aliphatic rings. The van der Waals surface area contributed by atoms with Gasteiger partial charge in [-0.05, 0) is 18.8 Å². The van der Waals surface area contributed by atoms with E-state index in [-0.39, 0.29) is 25.0 Å². The lowest BCUT2D eigenvalue weighted by Gasteiger charge is -2.17. The molecule has 0 aromatic carbocycles. The molecular formula is C10H23NO4S. The van der Waals surface area contributed by atoms with Crippen molar-refractivity contribution in [2.75, 3.05) is 26.1 Å². The minimum absolute atomic E-state index is 0.0548. The first-order valence-electron chi connectivity index (χ1n) is 5.51. The van der Waals surface area contributed by atoms with Crippen molar-refractivity contribution < 1.29 is 18.3 Å². The van der Waals surface area contributed by atoms with Gasteiger partial charge in [0.1, 0.15) is 0 Å². The second-order valence-corrected chi connectivity index (χ2v) is 6.16. The average Bonchev–Trinajstić information content (AvgIpc) is 2.15. The second-order valence-electron chi connectivity index (χ2n) is 4.28. The topological polar surface area (TPSA) is 75.6 Å². The van der Waals surface area contributed by atoms with Crippen LogP contribution in [0.25, 0.3) is 0 Å². The van der Waals surface area contributed by atoms with E-state index in [9.17, 15) is 8.42 Å². The van der Waals surface area contributed by atoms with Crippen molar-refractivity contribution in [2.45, 2.75) is 32.7 Å². The number of methoxy groups -OCH3 is 1. The summed E-state index contributed by atoms with van der Waals surface area (Å²) in [7, 11) is -1.75. The van der Waals surface area contributed by atoms with E-state index in [4.69, 9.17) is 9.84 Å². The first-order chi connectivity index (χ1) is 7.41. The predicted molar refractivity (Wildman–Crippen MR) is 63.7 cm³/mol. The van der Waals surface area contributed by atoms with Crippen LogP contribution in [-0.4, -0.2) is 45.6 Å². The third kappa shape index (κ3) is 8.04. The zero-order valence-electron chi connectivity index (χ0n) is 10.3. The number of aliphatic hydroxyl groups excluding tert-OH is 1. The van der Waals surface area contributed by atoms with E-state index in [0.717, 1.165) is 0 Å². The zero-order valence-corrected chi connectivity index (χ0v) is 11.1. The van der Waals surface area contributed by atoms with Gasteiger partial charge in [-0.15, -0.1) is 0 Å². The van der Waals surface area contributed by atoms with Crippen LogP contribution in [0, 0.1) is 5.92 Å². The molecule has 0 spiro atoms. The smallest absolute Gasteiger partial charge is 0.211 e. The van der Waals surface area contributed by atoms with Crippen molar-refractivity contribution in [3.8, 4) is 0 Å². The third-order valence-electron chi connectivity index (χ3n) is 2.16. The first kappa shape index (κ1) is 15.8. The molecule has 0 aliphatic carbocycles. The Hall–Kier alpha value is -0.170. The number of sulfonamides is 1. The summed E-state index contributed by atoms with van der Waals surface area (Å²) >= 11 is 0. The van der Waals surface area contributed by atoms with Crippen molar-refractivity contribution in [1.29, 1.82) is 0 Å². The maximum Gasteiger partial charge on any atom is 0.211 e. The average molecular weight is 253 g/mol. The van der Waals surface area contributed by atoms with Gasteiger partial charge in [0.15, 0.2) is 0 Å². The van der Waals surface area contributed by atoms with Gasteiger partial charge in [-0.3, -0.25) is 0 Å². The molecule has 6 heteroatoms. The Labute approximate surface area is 98.2 Å². The maximum absolute atomic E-state index is 11.6. The van der Waals surface area contributed by atoms with Gasteiger partial charge in [0.25, 0.3) is 0 Å². The summed E-state index contributed by atoms with van der Waals surface area (Å²) in [5, 5.41) is 8.79. The van der Waals surface area contributed by atoms with E-state index in [2.05, 4.69) is 4.72 Å². The van der Waals surface area contributed by atoms with Gasteiger partial charge < -0.3 is 9.84 Å². The molecule has 98 valence electrons. The van der Waals surface area contributed by atoms with Crippen LogP contribution in [0.3, 0.4) is 0 Å². The summed E-state index contributed by atoms with van der Waals surface area (Å²) in [6.07, 6.45) is 1.00. The number of ether oxygens (including phenoxy) is 1. The molecule has 1 unspecified atom stereocenters. The van der Waals surface area contributed by atoms with Crippen molar-refractivity contribution >= 4 is 10.0 Å². The minimum atomic E-state index is -3.26. The number of aliphatic hydroxyl groups is 1. The molecule has 0 saturated heterocycles. The second kappa shape index (κ2) is 8.00. The van der Waals surface area contributed by atoms with Crippen molar-refractivity contribution in [2.24, 2.45) is 5.92 Å². The van der Waals surface area contributed by atoms with Gasteiger partial charge in [0, 0.05) is 19.8 Å². The molecule has 0 aliphatic heterocycles. The molecule has 16 heavy (non-hydrogen) atoms. The van der Waals surface area contributed by atoms with Gasteiger partial charge in [-0.1, -0.05) is 13.8 Å². The normalized spacial score (nSPS) is 14.3. The fraction of sp³-hybridized carbons (Fsp3) is 1.00. The molecule has 0 rings (SSSR count). The van der Waals surface area contributed by atoms with Crippen molar-refractivity contribution in [3.63, 3.8) is 0 Å². The van der Waals surface area contributed by atoms with Crippen LogP contribution in [-0.2, 0) is 14.8 Å². The van der Waals surface area contributed by atoms with Crippen LogP contribution in [0.2, 0.25) is 0 Å². The van der Waals surface area contributed by atoms with Gasteiger partial charge in [-0.2, -0.15) is 0 Å². The lowest BCUT2D eigenvalue weighted by molar-refractivity contribution is 0.158. The molecule has 1 atom stereocenters. The third-order valence-corrected chi connectivity index (χ3v) is 3.62.